The van der Waals surface area contributed by atoms with E-state index in [1.807, 2.05) is 72.8 Å². The van der Waals surface area contributed by atoms with Crippen LogP contribution in [0.15, 0.2) is 121 Å². The van der Waals surface area contributed by atoms with Crippen LogP contribution in [0.5, 0.6) is 0 Å². The summed E-state index contributed by atoms with van der Waals surface area (Å²) in [4.78, 5) is 0. The Hall–Kier alpha value is -2.80. The average molecular weight is 603 g/mol. The molecule has 0 spiro atoms. The molecule has 1 aliphatic rings. The number of ether oxygens (including phenoxy) is 5. The molecule has 1 heterocycles. The van der Waals surface area contributed by atoms with Gasteiger partial charge in [-0.05, 0) is 0 Å². The minimum atomic E-state index is -0.412. The summed E-state index contributed by atoms with van der Waals surface area (Å²) in [5.41, 5.74) is 4.37. The van der Waals surface area contributed by atoms with E-state index in [2.05, 4.69) is 64.5 Å². The predicted molar refractivity (Wildman–Crippen MR) is 156 cm³/mol. The van der Waals surface area contributed by atoms with Gasteiger partial charge < -0.3 is 0 Å². The van der Waals surface area contributed by atoms with Crippen LogP contribution in [0.2, 0.25) is 0 Å². The fourth-order valence-corrected chi connectivity index (χ4v) is 5.54. The Morgan fingerprint density at radius 2 is 0.850 bits per heavy atom. The van der Waals surface area contributed by atoms with E-state index in [1.54, 1.807) is 0 Å². The normalized spacial score (nSPS) is 22.7. The second-order valence-electron chi connectivity index (χ2n) is 9.83. The Balaban J connectivity index is 1.36. The van der Waals surface area contributed by atoms with Crippen LogP contribution in [0.25, 0.3) is 0 Å². The average Bonchev–Trinajstić information content (AvgIpc) is 3.01. The molecule has 207 valence electrons. The molecule has 0 bridgehead atoms. The molecular weight excluding hydrogens is 567 g/mol. The van der Waals surface area contributed by atoms with Gasteiger partial charge >= 0.3 is 246 Å². The van der Waals surface area contributed by atoms with Gasteiger partial charge in [0.15, 0.2) is 0 Å². The Morgan fingerprint density at radius 3 is 1.30 bits per heavy atom. The zero-order valence-corrected chi connectivity index (χ0v) is 24.1. The Labute approximate surface area is 245 Å². The number of hydrogen-bond donors (Lipinski definition) is 0. The molecule has 6 heteroatoms. The van der Waals surface area contributed by atoms with E-state index in [1.165, 1.54) is 0 Å². The molecule has 5 unspecified atom stereocenters. The summed E-state index contributed by atoms with van der Waals surface area (Å²) in [5, 5.41) is -0.341. The van der Waals surface area contributed by atoms with Crippen molar-refractivity contribution in [2.24, 2.45) is 0 Å². The van der Waals surface area contributed by atoms with Crippen LogP contribution in [0.3, 0.4) is 0 Å². The number of rotatable bonds is 13. The molecule has 1 fully saturated rings. The van der Waals surface area contributed by atoms with Crippen molar-refractivity contribution in [3.63, 3.8) is 0 Å². The molecule has 1 aliphatic heterocycles. The van der Waals surface area contributed by atoms with Crippen molar-refractivity contribution in [3.05, 3.63) is 144 Å². The summed E-state index contributed by atoms with van der Waals surface area (Å²) in [6, 6.07) is 40.6. The molecule has 1 radical (unpaired) electrons. The summed E-state index contributed by atoms with van der Waals surface area (Å²) in [6.07, 6.45) is -1.53. The standard InChI is InChI=1S/C34H35O5Se/c40-34-33(38-24-29-19-11-4-12-20-29)32(37-23-28-17-9-3-10-18-28)31(36-22-27-15-7-2-8-16-27)30(39-34)25-35-21-26-13-5-1-6-14-26/h1-20,30-34H,21-25H2. The molecule has 5 rings (SSSR count). The van der Waals surface area contributed by atoms with Gasteiger partial charge in [0.1, 0.15) is 0 Å². The van der Waals surface area contributed by atoms with Crippen molar-refractivity contribution >= 4 is 16.0 Å². The van der Waals surface area contributed by atoms with Gasteiger partial charge in [-0.2, -0.15) is 0 Å². The summed E-state index contributed by atoms with van der Waals surface area (Å²) in [5.74, 6) is 0. The molecule has 4 aromatic carbocycles. The van der Waals surface area contributed by atoms with E-state index in [0.29, 0.717) is 33.0 Å². The third-order valence-corrected chi connectivity index (χ3v) is 7.64. The molecule has 0 saturated carbocycles. The zero-order chi connectivity index (χ0) is 27.4. The molecule has 0 aliphatic carbocycles. The second kappa shape index (κ2) is 15.3. The van der Waals surface area contributed by atoms with Crippen LogP contribution < -0.4 is 0 Å². The molecule has 0 amide bonds. The van der Waals surface area contributed by atoms with Crippen LogP contribution in [0, 0.1) is 0 Å². The van der Waals surface area contributed by atoms with Gasteiger partial charge in [-0.3, -0.25) is 0 Å². The van der Waals surface area contributed by atoms with Gasteiger partial charge in [0.2, 0.25) is 0 Å². The van der Waals surface area contributed by atoms with Gasteiger partial charge in [-0.1, -0.05) is 0 Å². The third kappa shape index (κ3) is 8.35. The molecule has 0 aromatic heterocycles. The summed E-state index contributed by atoms with van der Waals surface area (Å²) in [6.45, 7) is 2.17. The molecule has 4 aromatic rings. The van der Waals surface area contributed by atoms with Crippen molar-refractivity contribution in [2.45, 2.75) is 55.8 Å². The first kappa shape index (κ1) is 28.7. The monoisotopic (exact) mass is 603 g/mol. The number of benzene rings is 4. The van der Waals surface area contributed by atoms with E-state index in [4.69, 9.17) is 23.7 Å². The molecule has 1 saturated heterocycles. The van der Waals surface area contributed by atoms with Crippen molar-refractivity contribution in [2.75, 3.05) is 6.61 Å². The van der Waals surface area contributed by atoms with Crippen LogP contribution in [0.1, 0.15) is 22.3 Å². The van der Waals surface area contributed by atoms with E-state index >= 15 is 0 Å². The van der Waals surface area contributed by atoms with Gasteiger partial charge in [0.25, 0.3) is 0 Å². The first-order chi connectivity index (χ1) is 19.8. The van der Waals surface area contributed by atoms with Crippen molar-refractivity contribution < 1.29 is 23.7 Å². The first-order valence-corrected chi connectivity index (χ1v) is 14.6. The van der Waals surface area contributed by atoms with Crippen LogP contribution in [0.4, 0.5) is 0 Å². The molecule has 5 atom stereocenters. The quantitative estimate of drug-likeness (QED) is 0.180. The summed E-state index contributed by atoms with van der Waals surface area (Å²) < 4.78 is 32.4. The van der Waals surface area contributed by atoms with Crippen molar-refractivity contribution in [1.82, 2.24) is 0 Å². The SMILES string of the molecule is [Se]C1OC(COCc2ccccc2)C(OCc2ccccc2)C(OCc2ccccc2)C1OCc1ccccc1. The minimum absolute atomic E-state index is 0.341. The van der Waals surface area contributed by atoms with Gasteiger partial charge in [0.05, 0.1) is 0 Å². The fourth-order valence-electron chi connectivity index (χ4n) is 4.75. The van der Waals surface area contributed by atoms with Crippen LogP contribution in [-0.4, -0.2) is 52.0 Å². The van der Waals surface area contributed by atoms with E-state index in [-0.39, 0.29) is 17.2 Å². The molecule has 40 heavy (non-hydrogen) atoms. The van der Waals surface area contributed by atoms with Gasteiger partial charge in [-0.25, -0.2) is 0 Å². The van der Waals surface area contributed by atoms with E-state index < -0.39 is 12.2 Å². The summed E-state index contributed by atoms with van der Waals surface area (Å²) >= 11 is 3.19. The third-order valence-electron chi connectivity index (χ3n) is 6.84. The zero-order valence-electron chi connectivity index (χ0n) is 22.4. The number of hydrogen-bond acceptors (Lipinski definition) is 5. The van der Waals surface area contributed by atoms with Crippen molar-refractivity contribution in [1.29, 1.82) is 0 Å². The first-order valence-electron chi connectivity index (χ1n) is 13.7. The molecule has 0 N–H and O–H groups in total. The van der Waals surface area contributed by atoms with Crippen LogP contribution in [-0.2, 0) is 50.1 Å². The van der Waals surface area contributed by atoms with E-state index in [9.17, 15) is 0 Å². The second-order valence-corrected chi connectivity index (χ2v) is 10.8. The maximum atomic E-state index is 6.63. The predicted octanol–water partition coefficient (Wildman–Crippen LogP) is 5.85. The Kier molecular flexibility index (Phi) is 11.0. The van der Waals surface area contributed by atoms with E-state index in [0.717, 1.165) is 22.3 Å². The van der Waals surface area contributed by atoms with Gasteiger partial charge in [0, 0.05) is 0 Å². The van der Waals surface area contributed by atoms with Gasteiger partial charge in [-0.15, -0.1) is 0 Å². The molecular formula is C34H35O5Se. The summed E-state index contributed by atoms with van der Waals surface area (Å²) in [7, 11) is 0. The topological polar surface area (TPSA) is 46.2 Å². The Bertz CT molecular complexity index is 1240. The van der Waals surface area contributed by atoms with Crippen LogP contribution >= 0.6 is 0 Å². The van der Waals surface area contributed by atoms with Crippen molar-refractivity contribution in [3.8, 4) is 0 Å². The Morgan fingerprint density at radius 1 is 0.475 bits per heavy atom. The molecule has 5 nitrogen and oxygen atoms in total. The maximum absolute atomic E-state index is 6.63. The fraction of sp³-hybridized carbons (Fsp3) is 0.294.